The molecule has 0 atom stereocenters. The van der Waals surface area contributed by atoms with Gasteiger partial charge in [-0.15, -0.1) is 10.2 Å². The number of nitrogens with zero attached hydrogens (tertiary/aromatic N) is 5. The van der Waals surface area contributed by atoms with Crippen LogP contribution in [0.25, 0.3) is 0 Å². The standard InChI is InChI=1S/C13H20N6O/c1-5-19-7-6-14-11(13(19)20)15-8-10-16-17-12(9(2)3)18(10)4/h6-7,9H,5,8H2,1-4H3,(H,14,15). The van der Waals surface area contributed by atoms with Crippen LogP contribution in [0.4, 0.5) is 5.82 Å². The number of nitrogens with one attached hydrogen (secondary N) is 1. The van der Waals surface area contributed by atoms with Gasteiger partial charge >= 0.3 is 0 Å². The SMILES string of the molecule is CCn1ccnc(NCc2nnc(C(C)C)n2C)c1=O. The summed E-state index contributed by atoms with van der Waals surface area (Å²) < 4.78 is 3.55. The van der Waals surface area contributed by atoms with E-state index < -0.39 is 0 Å². The number of aromatic nitrogens is 5. The summed E-state index contributed by atoms with van der Waals surface area (Å²) in [7, 11) is 1.93. The van der Waals surface area contributed by atoms with Gasteiger partial charge in [-0.05, 0) is 6.92 Å². The smallest absolute Gasteiger partial charge is 0.293 e. The highest BCUT2D eigenvalue weighted by molar-refractivity contribution is 5.31. The number of rotatable bonds is 5. The molecule has 0 aliphatic carbocycles. The van der Waals surface area contributed by atoms with Crippen molar-refractivity contribution in [1.29, 1.82) is 0 Å². The quantitative estimate of drug-likeness (QED) is 0.885. The van der Waals surface area contributed by atoms with Crippen molar-refractivity contribution >= 4 is 5.82 Å². The largest absolute Gasteiger partial charge is 0.358 e. The van der Waals surface area contributed by atoms with Gasteiger partial charge in [-0.3, -0.25) is 4.79 Å². The molecule has 108 valence electrons. The first-order valence-electron chi connectivity index (χ1n) is 6.72. The molecule has 2 heterocycles. The molecular formula is C13H20N6O. The molecule has 2 aromatic heterocycles. The van der Waals surface area contributed by atoms with Crippen LogP contribution in [-0.2, 0) is 20.1 Å². The molecule has 7 nitrogen and oxygen atoms in total. The van der Waals surface area contributed by atoms with Crippen LogP contribution in [-0.4, -0.2) is 24.3 Å². The summed E-state index contributed by atoms with van der Waals surface area (Å²) in [5.74, 6) is 2.35. The first-order valence-corrected chi connectivity index (χ1v) is 6.72. The molecule has 2 aromatic rings. The predicted molar refractivity (Wildman–Crippen MR) is 76.6 cm³/mol. The first-order chi connectivity index (χ1) is 9.54. The molecule has 0 fully saturated rings. The average molecular weight is 276 g/mol. The minimum absolute atomic E-state index is 0.124. The van der Waals surface area contributed by atoms with E-state index in [2.05, 4.69) is 34.3 Å². The van der Waals surface area contributed by atoms with E-state index in [1.54, 1.807) is 17.0 Å². The van der Waals surface area contributed by atoms with E-state index in [-0.39, 0.29) is 5.56 Å². The summed E-state index contributed by atoms with van der Waals surface area (Å²) in [5, 5.41) is 11.3. The van der Waals surface area contributed by atoms with E-state index in [1.165, 1.54) is 0 Å². The molecule has 7 heteroatoms. The fourth-order valence-corrected chi connectivity index (χ4v) is 2.01. The van der Waals surface area contributed by atoms with E-state index in [0.29, 0.717) is 24.8 Å². The lowest BCUT2D eigenvalue weighted by Crippen LogP contribution is -2.24. The molecule has 0 saturated heterocycles. The molecule has 0 aliphatic rings. The van der Waals surface area contributed by atoms with Crippen molar-refractivity contribution in [2.24, 2.45) is 7.05 Å². The van der Waals surface area contributed by atoms with Crippen LogP contribution in [0.3, 0.4) is 0 Å². The summed E-state index contributed by atoms with van der Waals surface area (Å²) in [6.07, 6.45) is 3.29. The van der Waals surface area contributed by atoms with Gasteiger partial charge in [0.15, 0.2) is 11.6 Å². The molecule has 0 amide bonds. The highest BCUT2D eigenvalue weighted by Crippen LogP contribution is 2.11. The summed E-state index contributed by atoms with van der Waals surface area (Å²) in [6.45, 7) is 7.10. The number of aryl methyl sites for hydroxylation is 1. The van der Waals surface area contributed by atoms with Crippen LogP contribution in [0.5, 0.6) is 0 Å². The van der Waals surface area contributed by atoms with E-state index in [9.17, 15) is 4.79 Å². The monoisotopic (exact) mass is 276 g/mol. The fraction of sp³-hybridized carbons (Fsp3) is 0.538. The first kappa shape index (κ1) is 14.2. The Labute approximate surface area is 117 Å². The molecule has 2 rings (SSSR count). The predicted octanol–water partition coefficient (Wildman–Crippen LogP) is 1.13. The van der Waals surface area contributed by atoms with Gasteiger partial charge < -0.3 is 14.5 Å². The van der Waals surface area contributed by atoms with Gasteiger partial charge in [0.05, 0.1) is 6.54 Å². The summed E-state index contributed by atoms with van der Waals surface area (Å²) in [4.78, 5) is 16.1. The van der Waals surface area contributed by atoms with Gasteiger partial charge in [-0.1, -0.05) is 13.8 Å². The third kappa shape index (κ3) is 2.71. The van der Waals surface area contributed by atoms with Crippen LogP contribution in [0.2, 0.25) is 0 Å². The minimum atomic E-state index is -0.124. The highest BCUT2D eigenvalue weighted by Gasteiger charge is 2.12. The van der Waals surface area contributed by atoms with E-state index in [1.807, 2.05) is 18.5 Å². The van der Waals surface area contributed by atoms with Gasteiger partial charge in [-0.2, -0.15) is 0 Å². The van der Waals surface area contributed by atoms with Gasteiger partial charge in [0.2, 0.25) is 0 Å². The van der Waals surface area contributed by atoms with Crippen molar-refractivity contribution in [1.82, 2.24) is 24.3 Å². The van der Waals surface area contributed by atoms with Crippen molar-refractivity contribution in [3.8, 4) is 0 Å². The minimum Gasteiger partial charge on any atom is -0.358 e. The Hall–Kier alpha value is -2.18. The second kappa shape index (κ2) is 5.85. The second-order valence-corrected chi connectivity index (χ2v) is 4.91. The summed E-state index contributed by atoms with van der Waals surface area (Å²) >= 11 is 0. The van der Waals surface area contributed by atoms with Gasteiger partial charge in [0.25, 0.3) is 5.56 Å². The zero-order valence-electron chi connectivity index (χ0n) is 12.3. The summed E-state index contributed by atoms with van der Waals surface area (Å²) in [6, 6.07) is 0. The Morgan fingerprint density at radius 1 is 1.35 bits per heavy atom. The Morgan fingerprint density at radius 3 is 2.70 bits per heavy atom. The van der Waals surface area contributed by atoms with Gasteiger partial charge in [0, 0.05) is 31.9 Å². The molecular weight excluding hydrogens is 256 g/mol. The van der Waals surface area contributed by atoms with E-state index in [4.69, 9.17) is 0 Å². The third-order valence-electron chi connectivity index (χ3n) is 3.18. The summed E-state index contributed by atoms with van der Waals surface area (Å²) in [5.41, 5.74) is -0.124. The molecule has 0 radical (unpaired) electrons. The van der Waals surface area contributed by atoms with Crippen LogP contribution < -0.4 is 10.9 Å². The van der Waals surface area contributed by atoms with Crippen molar-refractivity contribution in [3.63, 3.8) is 0 Å². The highest BCUT2D eigenvalue weighted by atomic mass is 16.1. The maximum Gasteiger partial charge on any atom is 0.293 e. The molecule has 0 saturated carbocycles. The lowest BCUT2D eigenvalue weighted by Gasteiger charge is -2.08. The average Bonchev–Trinajstić information content (AvgIpc) is 2.79. The van der Waals surface area contributed by atoms with Crippen LogP contribution in [0.15, 0.2) is 17.2 Å². The molecule has 0 bridgehead atoms. The molecule has 20 heavy (non-hydrogen) atoms. The lowest BCUT2D eigenvalue weighted by molar-refractivity contribution is 0.690. The van der Waals surface area contributed by atoms with Gasteiger partial charge in [-0.25, -0.2) is 4.98 Å². The molecule has 0 aromatic carbocycles. The van der Waals surface area contributed by atoms with Crippen molar-refractivity contribution < 1.29 is 0 Å². The Balaban J connectivity index is 2.15. The molecule has 0 spiro atoms. The lowest BCUT2D eigenvalue weighted by atomic mass is 10.2. The van der Waals surface area contributed by atoms with E-state index in [0.717, 1.165) is 11.6 Å². The molecule has 0 unspecified atom stereocenters. The van der Waals surface area contributed by atoms with Crippen molar-refractivity contribution in [2.45, 2.75) is 39.8 Å². The molecule has 1 N–H and O–H groups in total. The van der Waals surface area contributed by atoms with Crippen molar-refractivity contribution in [2.75, 3.05) is 5.32 Å². The van der Waals surface area contributed by atoms with Crippen LogP contribution in [0, 0.1) is 0 Å². The topological polar surface area (TPSA) is 77.6 Å². The Kier molecular flexibility index (Phi) is 4.16. The number of hydrogen-bond acceptors (Lipinski definition) is 5. The van der Waals surface area contributed by atoms with Gasteiger partial charge in [0.1, 0.15) is 5.82 Å². The Bertz CT molecular complexity index is 643. The zero-order valence-corrected chi connectivity index (χ0v) is 12.3. The van der Waals surface area contributed by atoms with Crippen LogP contribution in [0.1, 0.15) is 38.3 Å². The molecule has 0 aliphatic heterocycles. The fourth-order valence-electron chi connectivity index (χ4n) is 2.01. The maximum atomic E-state index is 12.0. The zero-order chi connectivity index (χ0) is 14.7. The number of anilines is 1. The van der Waals surface area contributed by atoms with E-state index >= 15 is 0 Å². The second-order valence-electron chi connectivity index (χ2n) is 4.91. The van der Waals surface area contributed by atoms with Crippen molar-refractivity contribution in [3.05, 3.63) is 34.4 Å². The Morgan fingerprint density at radius 2 is 2.10 bits per heavy atom. The maximum absolute atomic E-state index is 12.0. The van der Waals surface area contributed by atoms with Crippen LogP contribution >= 0.6 is 0 Å². The third-order valence-corrected chi connectivity index (χ3v) is 3.18. The number of hydrogen-bond donors (Lipinski definition) is 1. The normalized spacial score (nSPS) is 11.1.